The van der Waals surface area contributed by atoms with Crippen LogP contribution in [0.25, 0.3) is 0 Å². The lowest BCUT2D eigenvalue weighted by molar-refractivity contribution is -0.107. The summed E-state index contributed by atoms with van der Waals surface area (Å²) >= 11 is 3.60. The van der Waals surface area contributed by atoms with Crippen molar-refractivity contribution in [1.82, 2.24) is 0 Å². The highest BCUT2D eigenvalue weighted by atomic mass is 79.9. The highest BCUT2D eigenvalue weighted by Gasteiger charge is 2.66. The van der Waals surface area contributed by atoms with Gasteiger partial charge in [0.25, 0.3) is 0 Å². The van der Waals surface area contributed by atoms with E-state index in [1.165, 1.54) is 19.3 Å². The van der Waals surface area contributed by atoms with E-state index in [4.69, 9.17) is 5.11 Å². The first kappa shape index (κ1) is 5.24. The van der Waals surface area contributed by atoms with E-state index in [1.54, 1.807) is 0 Å². The minimum atomic E-state index is 0.378. The summed E-state index contributed by atoms with van der Waals surface area (Å²) in [6, 6.07) is 0. The standard InChI is InChI=1S/C6H9BrO/c7-6-1-5(2-6,3-6)4-8/h8H,1-4H2. The summed E-state index contributed by atoms with van der Waals surface area (Å²) in [6.07, 6.45) is 3.61. The number of rotatable bonds is 1. The molecule has 0 unspecified atom stereocenters. The van der Waals surface area contributed by atoms with E-state index in [2.05, 4.69) is 15.9 Å². The Morgan fingerprint density at radius 3 is 2.00 bits per heavy atom. The van der Waals surface area contributed by atoms with E-state index >= 15 is 0 Å². The molecule has 0 aromatic heterocycles. The average molecular weight is 177 g/mol. The van der Waals surface area contributed by atoms with Gasteiger partial charge >= 0.3 is 0 Å². The number of hydrogen-bond donors (Lipinski definition) is 1. The first-order valence-corrected chi connectivity index (χ1v) is 3.77. The Labute approximate surface area is 57.2 Å². The SMILES string of the molecule is OCC12CC(Br)(C1)C2. The number of hydrogen-bond acceptors (Lipinski definition) is 1. The molecular formula is C6H9BrO. The van der Waals surface area contributed by atoms with E-state index in [1.807, 2.05) is 0 Å². The van der Waals surface area contributed by atoms with Crippen LogP contribution >= 0.6 is 15.9 Å². The Morgan fingerprint density at radius 1 is 1.38 bits per heavy atom. The molecule has 0 radical (unpaired) electrons. The predicted molar refractivity (Wildman–Crippen MR) is 35.0 cm³/mol. The zero-order valence-electron chi connectivity index (χ0n) is 4.65. The molecule has 0 saturated heterocycles. The molecule has 3 fully saturated rings. The molecule has 2 heteroatoms. The molecule has 3 aliphatic carbocycles. The predicted octanol–water partition coefficient (Wildman–Crippen LogP) is 1.30. The Balaban J connectivity index is 2.04. The fourth-order valence-corrected chi connectivity index (χ4v) is 3.81. The van der Waals surface area contributed by atoms with Crippen LogP contribution in [0.5, 0.6) is 0 Å². The maximum atomic E-state index is 8.78. The molecule has 8 heavy (non-hydrogen) atoms. The number of alkyl halides is 1. The zero-order chi connectivity index (χ0) is 5.83. The highest BCUT2D eigenvalue weighted by Crippen LogP contribution is 2.71. The van der Waals surface area contributed by atoms with Gasteiger partial charge in [0.15, 0.2) is 0 Å². The van der Waals surface area contributed by atoms with Gasteiger partial charge in [0, 0.05) is 10.9 Å². The molecule has 3 saturated carbocycles. The summed E-state index contributed by atoms with van der Waals surface area (Å²) in [5.74, 6) is 0. The fourth-order valence-electron chi connectivity index (χ4n) is 2.03. The maximum Gasteiger partial charge on any atom is 0.0488 e. The second-order valence-electron chi connectivity index (χ2n) is 3.34. The van der Waals surface area contributed by atoms with Crippen LogP contribution in [0.4, 0.5) is 0 Å². The normalized spacial score (nSPS) is 59.2. The van der Waals surface area contributed by atoms with E-state index in [9.17, 15) is 0 Å². The van der Waals surface area contributed by atoms with Crippen LogP contribution in [0.3, 0.4) is 0 Å². The molecule has 0 aromatic rings. The molecule has 0 aliphatic heterocycles. The lowest BCUT2D eigenvalue weighted by Crippen LogP contribution is -2.64. The van der Waals surface area contributed by atoms with Gasteiger partial charge in [0.2, 0.25) is 0 Å². The Bertz CT molecular complexity index is 113. The molecule has 0 aromatic carbocycles. The van der Waals surface area contributed by atoms with Crippen LogP contribution in [0.2, 0.25) is 0 Å². The Morgan fingerprint density at radius 2 is 1.88 bits per heavy atom. The van der Waals surface area contributed by atoms with Crippen LogP contribution in [-0.2, 0) is 0 Å². The summed E-state index contributed by atoms with van der Waals surface area (Å²) < 4.78 is 0.482. The van der Waals surface area contributed by atoms with Crippen LogP contribution < -0.4 is 0 Å². The third-order valence-corrected chi connectivity index (χ3v) is 3.25. The van der Waals surface area contributed by atoms with Crippen LogP contribution in [0.15, 0.2) is 0 Å². The summed E-state index contributed by atoms with van der Waals surface area (Å²) in [5, 5.41) is 8.78. The number of halogens is 1. The van der Waals surface area contributed by atoms with E-state index in [0.29, 0.717) is 16.3 Å². The molecule has 3 rings (SSSR count). The minimum Gasteiger partial charge on any atom is -0.396 e. The summed E-state index contributed by atoms with van der Waals surface area (Å²) in [7, 11) is 0. The summed E-state index contributed by atoms with van der Waals surface area (Å²) in [6.45, 7) is 0.403. The third-order valence-electron chi connectivity index (χ3n) is 2.41. The lowest BCUT2D eigenvalue weighted by Gasteiger charge is -2.67. The van der Waals surface area contributed by atoms with Gasteiger partial charge in [-0.05, 0) is 24.7 Å². The minimum absolute atomic E-state index is 0.378. The van der Waals surface area contributed by atoms with Crippen molar-refractivity contribution in [1.29, 1.82) is 0 Å². The smallest absolute Gasteiger partial charge is 0.0488 e. The van der Waals surface area contributed by atoms with Gasteiger partial charge in [0.1, 0.15) is 0 Å². The number of aliphatic hydroxyl groups is 1. The largest absolute Gasteiger partial charge is 0.396 e. The molecule has 0 heterocycles. The second kappa shape index (κ2) is 1.14. The molecular weight excluding hydrogens is 168 g/mol. The van der Waals surface area contributed by atoms with E-state index in [0.717, 1.165) is 0 Å². The fraction of sp³-hybridized carbons (Fsp3) is 1.00. The quantitative estimate of drug-likeness (QED) is 0.598. The average Bonchev–Trinajstić information content (AvgIpc) is 1.55. The van der Waals surface area contributed by atoms with E-state index in [-0.39, 0.29) is 0 Å². The Kier molecular flexibility index (Phi) is 0.748. The summed E-state index contributed by atoms with van der Waals surface area (Å²) in [5.41, 5.74) is 0.378. The van der Waals surface area contributed by atoms with Crippen molar-refractivity contribution in [2.24, 2.45) is 5.41 Å². The maximum absolute atomic E-state index is 8.78. The van der Waals surface area contributed by atoms with Crippen molar-refractivity contribution in [2.45, 2.75) is 23.6 Å². The molecule has 0 spiro atoms. The van der Waals surface area contributed by atoms with Crippen molar-refractivity contribution in [3.8, 4) is 0 Å². The van der Waals surface area contributed by atoms with Crippen molar-refractivity contribution in [3.05, 3.63) is 0 Å². The second-order valence-corrected chi connectivity index (χ2v) is 5.02. The number of aliphatic hydroxyl groups excluding tert-OH is 1. The van der Waals surface area contributed by atoms with Gasteiger partial charge in [-0.25, -0.2) is 0 Å². The lowest BCUT2D eigenvalue weighted by atomic mass is 9.44. The molecule has 1 nitrogen and oxygen atoms in total. The van der Waals surface area contributed by atoms with Gasteiger partial charge in [-0.2, -0.15) is 0 Å². The molecule has 1 N–H and O–H groups in total. The first-order chi connectivity index (χ1) is 3.68. The van der Waals surface area contributed by atoms with Gasteiger partial charge < -0.3 is 5.11 Å². The van der Waals surface area contributed by atoms with Gasteiger partial charge in [0.05, 0.1) is 0 Å². The van der Waals surface area contributed by atoms with Crippen molar-refractivity contribution >= 4 is 15.9 Å². The molecule has 3 aliphatic rings. The van der Waals surface area contributed by atoms with Gasteiger partial charge in [-0.15, -0.1) is 0 Å². The molecule has 46 valence electrons. The van der Waals surface area contributed by atoms with Crippen LogP contribution in [0, 0.1) is 5.41 Å². The Hall–Kier alpha value is 0.440. The van der Waals surface area contributed by atoms with E-state index < -0.39 is 0 Å². The molecule has 0 atom stereocenters. The van der Waals surface area contributed by atoms with Crippen molar-refractivity contribution in [2.75, 3.05) is 6.61 Å². The van der Waals surface area contributed by atoms with Crippen molar-refractivity contribution < 1.29 is 5.11 Å². The van der Waals surface area contributed by atoms with Crippen LogP contribution in [0.1, 0.15) is 19.3 Å². The zero-order valence-corrected chi connectivity index (χ0v) is 6.24. The molecule has 0 amide bonds. The topological polar surface area (TPSA) is 20.2 Å². The van der Waals surface area contributed by atoms with Gasteiger partial charge in [-0.3, -0.25) is 0 Å². The summed E-state index contributed by atoms with van der Waals surface area (Å²) in [4.78, 5) is 0. The third kappa shape index (κ3) is 0.415. The van der Waals surface area contributed by atoms with Crippen LogP contribution in [-0.4, -0.2) is 16.0 Å². The van der Waals surface area contributed by atoms with Crippen molar-refractivity contribution in [3.63, 3.8) is 0 Å². The highest BCUT2D eigenvalue weighted by molar-refractivity contribution is 9.10. The molecule has 2 bridgehead atoms. The monoisotopic (exact) mass is 176 g/mol. The van der Waals surface area contributed by atoms with Gasteiger partial charge in [-0.1, -0.05) is 15.9 Å². The first-order valence-electron chi connectivity index (χ1n) is 2.98.